The van der Waals surface area contributed by atoms with Gasteiger partial charge in [-0.25, -0.2) is 0 Å². The lowest BCUT2D eigenvalue weighted by atomic mass is 10.2. The van der Waals surface area contributed by atoms with E-state index < -0.39 is 0 Å². The Morgan fingerprint density at radius 1 is 1.09 bits per heavy atom. The van der Waals surface area contributed by atoms with Crippen molar-refractivity contribution in [3.05, 3.63) is 40.5 Å². The number of hydrogen-bond donors (Lipinski definition) is 2. The van der Waals surface area contributed by atoms with Crippen molar-refractivity contribution in [1.29, 1.82) is 0 Å². The maximum absolute atomic E-state index is 5.65. The zero-order chi connectivity index (χ0) is 8.27. The minimum Gasteiger partial charge on any atom is -0.396 e. The Labute approximate surface area is 74.0 Å². The third-order valence-electron chi connectivity index (χ3n) is 1.34. The fourth-order valence-corrected chi connectivity index (χ4v) is 0.985. The highest BCUT2D eigenvalue weighted by Crippen LogP contribution is 2.12. The molecule has 0 spiro atoms. The summed E-state index contributed by atoms with van der Waals surface area (Å²) in [5, 5.41) is 0. The lowest BCUT2D eigenvalue weighted by Gasteiger charge is -2.00. The van der Waals surface area contributed by atoms with Gasteiger partial charge in [-0.2, -0.15) is 0 Å². The third-order valence-corrected chi connectivity index (χ3v) is 1.77. The van der Waals surface area contributed by atoms with Gasteiger partial charge < -0.3 is 11.5 Å². The van der Waals surface area contributed by atoms with Gasteiger partial charge in [-0.3, -0.25) is 0 Å². The summed E-state index contributed by atoms with van der Waals surface area (Å²) in [6.07, 6.45) is 0. The minimum atomic E-state index is 0.476. The molecule has 0 fully saturated rings. The summed E-state index contributed by atoms with van der Waals surface area (Å²) in [6.45, 7) is 0. The highest BCUT2D eigenvalue weighted by atomic mass is 79.9. The van der Waals surface area contributed by atoms with Crippen LogP contribution in [0.5, 0.6) is 0 Å². The largest absolute Gasteiger partial charge is 0.396 e. The summed E-state index contributed by atoms with van der Waals surface area (Å²) in [5.41, 5.74) is 12.6. The van der Waals surface area contributed by atoms with Crippen LogP contribution in [0.4, 0.5) is 0 Å². The summed E-state index contributed by atoms with van der Waals surface area (Å²) >= 11 is 3.11. The van der Waals surface area contributed by atoms with Gasteiger partial charge in [-0.1, -0.05) is 30.3 Å². The number of rotatable bonds is 1. The average Bonchev–Trinajstić information content (AvgIpc) is 2.05. The average molecular weight is 213 g/mol. The van der Waals surface area contributed by atoms with E-state index in [-0.39, 0.29) is 0 Å². The van der Waals surface area contributed by atoms with Crippen molar-refractivity contribution in [2.75, 3.05) is 0 Å². The van der Waals surface area contributed by atoms with Gasteiger partial charge in [0.15, 0.2) is 0 Å². The van der Waals surface area contributed by atoms with Gasteiger partial charge in [0.25, 0.3) is 0 Å². The Balaban J connectivity index is 3.04. The van der Waals surface area contributed by atoms with Gasteiger partial charge in [0, 0.05) is 5.56 Å². The second-order valence-electron chi connectivity index (χ2n) is 2.13. The SMILES string of the molecule is N/C(Br)=C(\N)c1ccccc1. The normalized spacial score (nSPS) is 12.5. The Kier molecular flexibility index (Phi) is 2.54. The Morgan fingerprint density at radius 2 is 1.64 bits per heavy atom. The number of hydrogen-bond acceptors (Lipinski definition) is 2. The van der Waals surface area contributed by atoms with E-state index in [0.717, 1.165) is 5.56 Å². The van der Waals surface area contributed by atoms with E-state index in [4.69, 9.17) is 11.5 Å². The van der Waals surface area contributed by atoms with Crippen LogP contribution in [0.2, 0.25) is 0 Å². The molecule has 0 atom stereocenters. The molecule has 0 saturated heterocycles. The molecule has 0 aliphatic rings. The van der Waals surface area contributed by atoms with Crippen LogP contribution >= 0.6 is 15.9 Å². The van der Waals surface area contributed by atoms with Gasteiger partial charge in [0.05, 0.1) is 10.3 Å². The molecule has 0 aliphatic heterocycles. The zero-order valence-corrected chi connectivity index (χ0v) is 7.51. The van der Waals surface area contributed by atoms with Crippen LogP contribution < -0.4 is 11.5 Å². The van der Waals surface area contributed by atoms with Crippen LogP contribution in [-0.2, 0) is 0 Å². The topological polar surface area (TPSA) is 52.0 Å². The second-order valence-corrected chi connectivity index (χ2v) is 2.98. The molecule has 3 heteroatoms. The molecule has 0 radical (unpaired) electrons. The van der Waals surface area contributed by atoms with Gasteiger partial charge in [-0.05, 0) is 15.9 Å². The molecule has 2 nitrogen and oxygen atoms in total. The standard InChI is InChI=1S/C8H9BrN2/c9-8(11)7(10)6-4-2-1-3-5-6/h1-5H,10-11H2/b8-7-. The Bertz CT molecular complexity index is 263. The fraction of sp³-hybridized carbons (Fsp3) is 0. The van der Waals surface area contributed by atoms with Crippen LogP contribution in [0.3, 0.4) is 0 Å². The minimum absolute atomic E-state index is 0.476. The van der Waals surface area contributed by atoms with Crippen LogP contribution in [0.1, 0.15) is 5.56 Å². The van der Waals surface area contributed by atoms with Gasteiger partial charge in [-0.15, -0.1) is 0 Å². The molecule has 11 heavy (non-hydrogen) atoms. The maximum Gasteiger partial charge on any atom is 0.0993 e. The number of halogens is 1. The highest BCUT2D eigenvalue weighted by molar-refractivity contribution is 9.11. The van der Waals surface area contributed by atoms with Crippen LogP contribution in [0, 0.1) is 0 Å². The summed E-state index contributed by atoms with van der Waals surface area (Å²) in [6, 6.07) is 9.57. The predicted molar refractivity (Wildman–Crippen MR) is 50.7 cm³/mol. The Morgan fingerprint density at radius 3 is 2.09 bits per heavy atom. The van der Waals surface area contributed by atoms with Crippen molar-refractivity contribution in [3.8, 4) is 0 Å². The zero-order valence-electron chi connectivity index (χ0n) is 5.92. The van der Waals surface area contributed by atoms with Crippen molar-refractivity contribution >= 4 is 21.6 Å². The lowest BCUT2D eigenvalue weighted by Crippen LogP contribution is -2.03. The van der Waals surface area contributed by atoms with E-state index in [9.17, 15) is 0 Å². The molecule has 0 saturated carbocycles. The van der Waals surface area contributed by atoms with Crippen molar-refractivity contribution in [3.63, 3.8) is 0 Å². The first kappa shape index (κ1) is 8.14. The molecule has 0 heterocycles. The van der Waals surface area contributed by atoms with Crippen LogP contribution in [0.25, 0.3) is 5.70 Å². The van der Waals surface area contributed by atoms with Crippen molar-refractivity contribution in [1.82, 2.24) is 0 Å². The molecule has 0 amide bonds. The third kappa shape index (κ3) is 1.98. The Hall–Kier alpha value is -0.960. The van der Waals surface area contributed by atoms with Gasteiger partial charge >= 0.3 is 0 Å². The molecule has 58 valence electrons. The first-order valence-corrected chi connectivity index (χ1v) is 3.97. The van der Waals surface area contributed by atoms with Crippen molar-refractivity contribution < 1.29 is 0 Å². The molecular weight excluding hydrogens is 204 g/mol. The van der Waals surface area contributed by atoms with E-state index in [1.807, 2.05) is 30.3 Å². The number of benzene rings is 1. The summed E-state index contributed by atoms with van der Waals surface area (Å²) in [7, 11) is 0. The fourth-order valence-electron chi connectivity index (χ4n) is 0.756. The van der Waals surface area contributed by atoms with Crippen LogP contribution in [-0.4, -0.2) is 0 Å². The molecule has 1 aromatic carbocycles. The second kappa shape index (κ2) is 3.44. The quantitative estimate of drug-likeness (QED) is 0.696. The molecule has 0 bridgehead atoms. The van der Waals surface area contributed by atoms with Crippen molar-refractivity contribution in [2.45, 2.75) is 0 Å². The van der Waals surface area contributed by atoms with E-state index in [1.54, 1.807) is 0 Å². The predicted octanol–water partition coefficient (Wildman–Crippen LogP) is 1.63. The first-order chi connectivity index (χ1) is 5.22. The smallest absolute Gasteiger partial charge is 0.0993 e. The molecular formula is C8H9BrN2. The summed E-state index contributed by atoms with van der Waals surface area (Å²) < 4.78 is 0.476. The van der Waals surface area contributed by atoms with Gasteiger partial charge in [0.1, 0.15) is 0 Å². The van der Waals surface area contributed by atoms with Crippen LogP contribution in [0.15, 0.2) is 34.9 Å². The van der Waals surface area contributed by atoms with E-state index in [1.165, 1.54) is 0 Å². The molecule has 1 aromatic rings. The van der Waals surface area contributed by atoms with Crippen molar-refractivity contribution in [2.24, 2.45) is 11.5 Å². The lowest BCUT2D eigenvalue weighted by molar-refractivity contribution is 1.45. The monoisotopic (exact) mass is 212 g/mol. The first-order valence-electron chi connectivity index (χ1n) is 3.18. The van der Waals surface area contributed by atoms with E-state index in [2.05, 4.69) is 15.9 Å². The summed E-state index contributed by atoms with van der Waals surface area (Å²) in [4.78, 5) is 0. The maximum atomic E-state index is 5.65. The van der Waals surface area contributed by atoms with Gasteiger partial charge in [0.2, 0.25) is 0 Å². The van der Waals surface area contributed by atoms with E-state index in [0.29, 0.717) is 10.3 Å². The molecule has 1 rings (SSSR count). The van der Waals surface area contributed by atoms with E-state index >= 15 is 0 Å². The highest BCUT2D eigenvalue weighted by Gasteiger charge is 1.96. The molecule has 0 aliphatic carbocycles. The molecule has 0 unspecified atom stereocenters. The molecule has 0 aromatic heterocycles. The summed E-state index contributed by atoms with van der Waals surface area (Å²) in [5.74, 6) is 0. The molecule has 4 N–H and O–H groups in total. The number of nitrogens with two attached hydrogens (primary N) is 2.